The lowest BCUT2D eigenvalue weighted by atomic mass is 10.4. The molecule has 1 N–H and O–H groups in total. The standard InChI is InChI=1S/C12H12N4O2S/c1-2-13-10-7-9(16(17)18)8-12(15-10)19-11-5-3-4-6-14-11/h3-8H,2H2,1H3,(H,13,15). The zero-order valence-corrected chi connectivity index (χ0v) is 11.1. The second kappa shape index (κ2) is 6.14. The fraction of sp³-hybridized carbons (Fsp3) is 0.167. The summed E-state index contributed by atoms with van der Waals surface area (Å²) in [6.07, 6.45) is 1.67. The second-order valence-electron chi connectivity index (χ2n) is 3.61. The number of hydrogen-bond acceptors (Lipinski definition) is 6. The van der Waals surface area contributed by atoms with Crippen molar-refractivity contribution in [1.82, 2.24) is 9.97 Å². The van der Waals surface area contributed by atoms with Gasteiger partial charge in [-0.3, -0.25) is 10.1 Å². The Kier molecular flexibility index (Phi) is 4.30. The van der Waals surface area contributed by atoms with Crippen LogP contribution in [0.2, 0.25) is 0 Å². The number of nitrogens with zero attached hydrogens (tertiary/aromatic N) is 3. The second-order valence-corrected chi connectivity index (χ2v) is 4.65. The minimum atomic E-state index is -0.426. The minimum Gasteiger partial charge on any atom is -0.370 e. The predicted octanol–water partition coefficient (Wildman–Crippen LogP) is 2.97. The van der Waals surface area contributed by atoms with E-state index in [1.54, 1.807) is 6.20 Å². The molecule has 0 aliphatic rings. The highest BCUT2D eigenvalue weighted by molar-refractivity contribution is 7.99. The Morgan fingerprint density at radius 1 is 1.37 bits per heavy atom. The molecule has 6 nitrogen and oxygen atoms in total. The first-order chi connectivity index (χ1) is 9.19. The van der Waals surface area contributed by atoms with E-state index in [0.717, 1.165) is 5.03 Å². The number of pyridine rings is 2. The molecule has 0 atom stereocenters. The van der Waals surface area contributed by atoms with E-state index in [1.807, 2.05) is 25.1 Å². The third-order valence-electron chi connectivity index (χ3n) is 2.20. The molecule has 2 aromatic heterocycles. The van der Waals surface area contributed by atoms with E-state index in [9.17, 15) is 10.1 Å². The molecule has 0 radical (unpaired) electrons. The summed E-state index contributed by atoms with van der Waals surface area (Å²) in [6.45, 7) is 2.56. The fourth-order valence-electron chi connectivity index (χ4n) is 1.44. The Labute approximate surface area is 114 Å². The molecule has 0 spiro atoms. The van der Waals surface area contributed by atoms with Crippen LogP contribution >= 0.6 is 11.8 Å². The maximum Gasteiger partial charge on any atom is 0.275 e. The molecule has 0 unspecified atom stereocenters. The lowest BCUT2D eigenvalue weighted by Crippen LogP contribution is -2.01. The van der Waals surface area contributed by atoms with Crippen molar-refractivity contribution in [2.45, 2.75) is 17.0 Å². The lowest BCUT2D eigenvalue weighted by Gasteiger charge is -2.05. The predicted molar refractivity (Wildman–Crippen MR) is 73.4 cm³/mol. The normalized spacial score (nSPS) is 10.2. The van der Waals surface area contributed by atoms with Crippen LogP contribution in [0.25, 0.3) is 0 Å². The summed E-state index contributed by atoms with van der Waals surface area (Å²) in [7, 11) is 0. The van der Waals surface area contributed by atoms with Crippen LogP contribution in [-0.4, -0.2) is 21.4 Å². The molecule has 2 heterocycles. The quantitative estimate of drug-likeness (QED) is 0.668. The lowest BCUT2D eigenvalue weighted by molar-refractivity contribution is -0.385. The molecule has 0 aliphatic heterocycles. The number of nitrogens with one attached hydrogen (secondary N) is 1. The highest BCUT2D eigenvalue weighted by Gasteiger charge is 2.12. The minimum absolute atomic E-state index is 0.0179. The Balaban J connectivity index is 2.31. The van der Waals surface area contributed by atoms with E-state index in [2.05, 4.69) is 15.3 Å². The molecule has 0 saturated heterocycles. The van der Waals surface area contributed by atoms with Crippen molar-refractivity contribution in [1.29, 1.82) is 0 Å². The van der Waals surface area contributed by atoms with E-state index >= 15 is 0 Å². The van der Waals surface area contributed by atoms with Gasteiger partial charge in [0.2, 0.25) is 0 Å². The molecule has 98 valence electrons. The van der Waals surface area contributed by atoms with E-state index in [1.165, 1.54) is 23.9 Å². The van der Waals surface area contributed by atoms with Gasteiger partial charge < -0.3 is 5.32 Å². The number of anilines is 1. The van der Waals surface area contributed by atoms with Gasteiger partial charge in [0.05, 0.1) is 11.0 Å². The monoisotopic (exact) mass is 276 g/mol. The molecular formula is C12H12N4O2S. The van der Waals surface area contributed by atoms with Crippen molar-refractivity contribution in [3.63, 3.8) is 0 Å². The molecule has 2 aromatic rings. The average molecular weight is 276 g/mol. The van der Waals surface area contributed by atoms with Gasteiger partial charge in [0.25, 0.3) is 5.69 Å². The number of nitro groups is 1. The van der Waals surface area contributed by atoms with Crippen LogP contribution in [0.5, 0.6) is 0 Å². The Morgan fingerprint density at radius 3 is 2.84 bits per heavy atom. The maximum absolute atomic E-state index is 10.9. The summed E-state index contributed by atoms with van der Waals surface area (Å²) in [4.78, 5) is 18.9. The summed E-state index contributed by atoms with van der Waals surface area (Å²) in [5.74, 6) is 0.495. The Hall–Kier alpha value is -2.15. The van der Waals surface area contributed by atoms with Crippen LogP contribution < -0.4 is 5.32 Å². The SMILES string of the molecule is CCNc1cc([N+](=O)[O-])cc(Sc2ccccn2)n1. The van der Waals surface area contributed by atoms with E-state index in [-0.39, 0.29) is 5.69 Å². The summed E-state index contributed by atoms with van der Waals surface area (Å²) in [5, 5.41) is 15.2. The van der Waals surface area contributed by atoms with Crippen molar-refractivity contribution >= 4 is 23.3 Å². The van der Waals surface area contributed by atoms with Crippen molar-refractivity contribution < 1.29 is 4.92 Å². The van der Waals surface area contributed by atoms with Gasteiger partial charge in [-0.25, -0.2) is 9.97 Å². The molecule has 0 bridgehead atoms. The first kappa shape index (κ1) is 13.3. The highest BCUT2D eigenvalue weighted by Crippen LogP contribution is 2.28. The highest BCUT2D eigenvalue weighted by atomic mass is 32.2. The molecule has 0 aromatic carbocycles. The third kappa shape index (κ3) is 3.65. The zero-order chi connectivity index (χ0) is 13.7. The van der Waals surface area contributed by atoms with Gasteiger partial charge in [-0.15, -0.1) is 0 Å². The average Bonchev–Trinajstić information content (AvgIpc) is 2.40. The van der Waals surface area contributed by atoms with Crippen molar-refractivity contribution in [3.8, 4) is 0 Å². The van der Waals surface area contributed by atoms with Crippen LogP contribution in [0, 0.1) is 10.1 Å². The molecule has 0 amide bonds. The molecule has 2 rings (SSSR count). The first-order valence-electron chi connectivity index (χ1n) is 5.68. The smallest absolute Gasteiger partial charge is 0.275 e. The van der Waals surface area contributed by atoms with Gasteiger partial charge >= 0.3 is 0 Å². The van der Waals surface area contributed by atoms with Crippen LogP contribution in [0.4, 0.5) is 11.5 Å². The van der Waals surface area contributed by atoms with Gasteiger partial charge in [0, 0.05) is 18.8 Å². The number of rotatable bonds is 5. The van der Waals surface area contributed by atoms with Crippen LogP contribution in [0.15, 0.2) is 46.6 Å². The maximum atomic E-state index is 10.9. The molecule has 7 heteroatoms. The van der Waals surface area contributed by atoms with Crippen LogP contribution in [0.3, 0.4) is 0 Å². The van der Waals surface area contributed by atoms with Gasteiger partial charge in [-0.05, 0) is 30.8 Å². The van der Waals surface area contributed by atoms with Crippen molar-refractivity contribution in [2.24, 2.45) is 0 Å². The first-order valence-corrected chi connectivity index (χ1v) is 6.50. The summed E-state index contributed by atoms with van der Waals surface area (Å²) >= 11 is 1.29. The van der Waals surface area contributed by atoms with E-state index < -0.39 is 4.92 Å². The largest absolute Gasteiger partial charge is 0.370 e. The molecule has 0 aliphatic carbocycles. The summed E-state index contributed by atoms with van der Waals surface area (Å²) in [6, 6.07) is 8.37. The van der Waals surface area contributed by atoms with Crippen molar-refractivity contribution in [2.75, 3.05) is 11.9 Å². The number of hydrogen-bond donors (Lipinski definition) is 1. The van der Waals surface area contributed by atoms with E-state index in [0.29, 0.717) is 17.4 Å². The molecule has 0 saturated carbocycles. The van der Waals surface area contributed by atoms with Crippen molar-refractivity contribution in [3.05, 3.63) is 46.6 Å². The van der Waals surface area contributed by atoms with Gasteiger partial charge in [0.15, 0.2) is 0 Å². The van der Waals surface area contributed by atoms with Crippen LogP contribution in [-0.2, 0) is 0 Å². The van der Waals surface area contributed by atoms with Gasteiger partial charge in [-0.2, -0.15) is 0 Å². The Morgan fingerprint density at radius 2 is 2.21 bits per heavy atom. The summed E-state index contributed by atoms with van der Waals surface area (Å²) < 4.78 is 0. The molecule has 0 fully saturated rings. The Bertz CT molecular complexity index is 577. The molecular weight excluding hydrogens is 264 g/mol. The third-order valence-corrected chi connectivity index (χ3v) is 3.07. The van der Waals surface area contributed by atoms with E-state index in [4.69, 9.17) is 0 Å². The van der Waals surface area contributed by atoms with Gasteiger partial charge in [-0.1, -0.05) is 6.07 Å². The fourth-order valence-corrected chi connectivity index (χ4v) is 2.23. The topological polar surface area (TPSA) is 81.0 Å². The molecule has 19 heavy (non-hydrogen) atoms. The zero-order valence-electron chi connectivity index (χ0n) is 10.2. The van der Waals surface area contributed by atoms with Crippen LogP contribution in [0.1, 0.15) is 6.92 Å². The van der Waals surface area contributed by atoms with Gasteiger partial charge in [0.1, 0.15) is 15.9 Å². The summed E-state index contributed by atoms with van der Waals surface area (Å²) in [5.41, 5.74) is 0.0179. The number of aromatic nitrogens is 2.